The Labute approximate surface area is 157 Å². The molecule has 0 aliphatic heterocycles. The van der Waals surface area contributed by atoms with Gasteiger partial charge in [-0.3, -0.25) is 4.79 Å². The molecule has 2 aromatic rings. The Balaban J connectivity index is 2.24. The van der Waals surface area contributed by atoms with Gasteiger partial charge in [-0.1, -0.05) is 30.3 Å². The number of amides is 3. The van der Waals surface area contributed by atoms with E-state index < -0.39 is 18.0 Å². The van der Waals surface area contributed by atoms with Crippen molar-refractivity contribution in [3.05, 3.63) is 48.0 Å². The summed E-state index contributed by atoms with van der Waals surface area (Å²) in [6.45, 7) is 0. The zero-order valence-electron chi connectivity index (χ0n) is 15.4. The number of anilines is 1. The van der Waals surface area contributed by atoms with Crippen LogP contribution < -0.4 is 30.6 Å². The topological polar surface area (TPSA) is 112 Å². The van der Waals surface area contributed by atoms with Crippen molar-refractivity contribution in [2.45, 2.75) is 12.5 Å². The van der Waals surface area contributed by atoms with Gasteiger partial charge in [-0.05, 0) is 5.56 Å². The maximum atomic E-state index is 12.7. The predicted molar refractivity (Wildman–Crippen MR) is 101 cm³/mol. The van der Waals surface area contributed by atoms with Crippen LogP contribution >= 0.6 is 0 Å². The van der Waals surface area contributed by atoms with E-state index >= 15 is 0 Å². The van der Waals surface area contributed by atoms with E-state index in [1.54, 1.807) is 12.1 Å². The van der Waals surface area contributed by atoms with E-state index in [1.165, 1.54) is 21.3 Å². The van der Waals surface area contributed by atoms with Crippen LogP contribution in [0.1, 0.15) is 5.56 Å². The third-order valence-electron chi connectivity index (χ3n) is 3.85. The van der Waals surface area contributed by atoms with Gasteiger partial charge >= 0.3 is 6.03 Å². The highest BCUT2D eigenvalue weighted by atomic mass is 16.5. The molecule has 27 heavy (non-hydrogen) atoms. The Morgan fingerprint density at radius 3 is 2.07 bits per heavy atom. The molecule has 1 atom stereocenters. The zero-order valence-corrected chi connectivity index (χ0v) is 15.4. The lowest BCUT2D eigenvalue weighted by Crippen LogP contribution is -2.47. The van der Waals surface area contributed by atoms with Gasteiger partial charge < -0.3 is 30.6 Å². The SMILES string of the molecule is COc1cc(NC(=O)[C@H](Cc2ccccc2)NC(N)=O)cc(OC)c1OC. The molecule has 0 radical (unpaired) electrons. The molecular formula is C19H23N3O5. The van der Waals surface area contributed by atoms with Crippen LogP contribution in [0.25, 0.3) is 0 Å². The number of nitrogens with two attached hydrogens (primary N) is 1. The predicted octanol–water partition coefficient (Wildman–Crippen LogP) is 1.93. The third-order valence-corrected chi connectivity index (χ3v) is 3.85. The first-order valence-electron chi connectivity index (χ1n) is 8.19. The molecule has 4 N–H and O–H groups in total. The van der Waals surface area contributed by atoms with Crippen LogP contribution in [0.3, 0.4) is 0 Å². The highest BCUT2D eigenvalue weighted by Gasteiger charge is 2.22. The maximum Gasteiger partial charge on any atom is 0.312 e. The lowest BCUT2D eigenvalue weighted by atomic mass is 10.1. The Bertz CT molecular complexity index is 770. The van der Waals surface area contributed by atoms with Gasteiger partial charge in [-0.15, -0.1) is 0 Å². The first-order chi connectivity index (χ1) is 13.0. The molecule has 0 aliphatic carbocycles. The summed E-state index contributed by atoms with van der Waals surface area (Å²) in [4.78, 5) is 24.0. The highest BCUT2D eigenvalue weighted by molar-refractivity contribution is 5.97. The lowest BCUT2D eigenvalue weighted by molar-refractivity contribution is -0.117. The second-order valence-corrected chi connectivity index (χ2v) is 5.65. The fraction of sp³-hybridized carbons (Fsp3) is 0.263. The van der Waals surface area contributed by atoms with Gasteiger partial charge in [0.2, 0.25) is 11.7 Å². The van der Waals surface area contributed by atoms with E-state index in [2.05, 4.69) is 10.6 Å². The summed E-state index contributed by atoms with van der Waals surface area (Å²) in [5.74, 6) is 0.783. The van der Waals surface area contributed by atoms with Crippen LogP contribution in [0.5, 0.6) is 17.2 Å². The molecule has 144 valence electrons. The number of benzene rings is 2. The van der Waals surface area contributed by atoms with Gasteiger partial charge in [0.15, 0.2) is 11.5 Å². The molecule has 0 saturated heterocycles. The Hall–Kier alpha value is -3.42. The number of nitrogens with one attached hydrogen (secondary N) is 2. The van der Waals surface area contributed by atoms with Crippen LogP contribution in [-0.4, -0.2) is 39.3 Å². The van der Waals surface area contributed by atoms with E-state index in [-0.39, 0.29) is 0 Å². The average molecular weight is 373 g/mol. The van der Waals surface area contributed by atoms with Gasteiger partial charge in [-0.25, -0.2) is 4.79 Å². The molecule has 0 heterocycles. The first-order valence-corrected chi connectivity index (χ1v) is 8.19. The number of hydrogen-bond acceptors (Lipinski definition) is 5. The summed E-state index contributed by atoms with van der Waals surface area (Å²) < 4.78 is 15.8. The lowest BCUT2D eigenvalue weighted by Gasteiger charge is -2.19. The minimum absolute atomic E-state index is 0.292. The van der Waals surface area contributed by atoms with Crippen LogP contribution in [0.15, 0.2) is 42.5 Å². The van der Waals surface area contributed by atoms with Crippen molar-refractivity contribution in [1.29, 1.82) is 0 Å². The number of primary amides is 1. The zero-order chi connectivity index (χ0) is 19.8. The fourth-order valence-corrected chi connectivity index (χ4v) is 2.61. The largest absolute Gasteiger partial charge is 0.493 e. The Kier molecular flexibility index (Phi) is 6.87. The molecule has 0 saturated carbocycles. The molecular weight excluding hydrogens is 350 g/mol. The summed E-state index contributed by atoms with van der Waals surface area (Å²) >= 11 is 0. The minimum Gasteiger partial charge on any atom is -0.493 e. The highest BCUT2D eigenvalue weighted by Crippen LogP contribution is 2.39. The first kappa shape index (κ1) is 19.9. The van der Waals surface area contributed by atoms with E-state index in [1.807, 2.05) is 30.3 Å². The minimum atomic E-state index is -0.844. The van der Waals surface area contributed by atoms with Gasteiger partial charge in [-0.2, -0.15) is 0 Å². The second kappa shape index (κ2) is 9.33. The van der Waals surface area contributed by atoms with E-state index in [4.69, 9.17) is 19.9 Å². The van der Waals surface area contributed by atoms with Crippen molar-refractivity contribution >= 4 is 17.6 Å². The monoisotopic (exact) mass is 373 g/mol. The van der Waals surface area contributed by atoms with Gasteiger partial charge in [0.25, 0.3) is 0 Å². The van der Waals surface area contributed by atoms with E-state index in [0.29, 0.717) is 29.4 Å². The van der Waals surface area contributed by atoms with Crippen LogP contribution in [0, 0.1) is 0 Å². The molecule has 0 unspecified atom stereocenters. The van der Waals surface area contributed by atoms with E-state index in [0.717, 1.165) is 5.56 Å². The second-order valence-electron chi connectivity index (χ2n) is 5.65. The molecule has 0 aromatic heterocycles. The standard InChI is InChI=1S/C19H23N3O5/c1-25-15-10-13(11-16(26-2)17(15)27-3)21-18(23)14(22-19(20)24)9-12-7-5-4-6-8-12/h4-8,10-11,14H,9H2,1-3H3,(H,21,23)(H3,20,22,24)/t14-/m0/s1. The van der Waals surface area contributed by atoms with Crippen molar-refractivity contribution in [3.63, 3.8) is 0 Å². The smallest absolute Gasteiger partial charge is 0.312 e. The number of carbonyl (C=O) groups is 2. The fourth-order valence-electron chi connectivity index (χ4n) is 2.61. The number of rotatable bonds is 8. The quantitative estimate of drug-likeness (QED) is 0.655. The Morgan fingerprint density at radius 2 is 1.59 bits per heavy atom. The molecule has 0 bridgehead atoms. The van der Waals surface area contributed by atoms with Crippen LogP contribution in [0.4, 0.5) is 10.5 Å². The maximum absolute atomic E-state index is 12.7. The summed E-state index contributed by atoms with van der Waals surface area (Å²) in [5, 5.41) is 5.21. The van der Waals surface area contributed by atoms with Crippen LogP contribution in [-0.2, 0) is 11.2 Å². The van der Waals surface area contributed by atoms with Crippen LogP contribution in [0.2, 0.25) is 0 Å². The normalized spacial score (nSPS) is 11.2. The van der Waals surface area contributed by atoms with Crippen molar-refractivity contribution in [2.75, 3.05) is 26.6 Å². The number of ether oxygens (including phenoxy) is 3. The molecule has 8 heteroatoms. The number of methoxy groups -OCH3 is 3. The van der Waals surface area contributed by atoms with Crippen molar-refractivity contribution in [3.8, 4) is 17.2 Å². The van der Waals surface area contributed by atoms with Gasteiger partial charge in [0, 0.05) is 24.2 Å². The molecule has 0 aliphatic rings. The molecule has 8 nitrogen and oxygen atoms in total. The summed E-state index contributed by atoms with van der Waals surface area (Å²) in [6, 6.07) is 10.9. The molecule has 2 aromatic carbocycles. The number of urea groups is 1. The summed E-state index contributed by atoms with van der Waals surface area (Å²) in [5.41, 5.74) is 6.54. The Morgan fingerprint density at radius 1 is 1.00 bits per heavy atom. The molecule has 0 spiro atoms. The van der Waals surface area contributed by atoms with Crippen molar-refractivity contribution in [1.82, 2.24) is 5.32 Å². The number of carbonyl (C=O) groups excluding carboxylic acids is 2. The number of hydrogen-bond donors (Lipinski definition) is 3. The molecule has 3 amide bonds. The average Bonchev–Trinajstić information content (AvgIpc) is 2.67. The third kappa shape index (κ3) is 5.27. The van der Waals surface area contributed by atoms with E-state index in [9.17, 15) is 9.59 Å². The van der Waals surface area contributed by atoms with Gasteiger partial charge in [0.05, 0.1) is 21.3 Å². The molecule has 0 fully saturated rings. The van der Waals surface area contributed by atoms with Gasteiger partial charge in [0.1, 0.15) is 6.04 Å². The summed E-state index contributed by atoms with van der Waals surface area (Å²) in [7, 11) is 4.46. The van der Waals surface area contributed by atoms with Crippen molar-refractivity contribution < 1.29 is 23.8 Å². The summed E-state index contributed by atoms with van der Waals surface area (Å²) in [6.07, 6.45) is 0.292. The molecule has 2 rings (SSSR count). The van der Waals surface area contributed by atoms with Crippen molar-refractivity contribution in [2.24, 2.45) is 5.73 Å².